The van der Waals surface area contributed by atoms with E-state index in [9.17, 15) is 10.2 Å². The summed E-state index contributed by atoms with van der Waals surface area (Å²) in [5.41, 5.74) is 13.7. The number of hydrogen-bond donors (Lipinski definition) is 2. The van der Waals surface area contributed by atoms with Crippen LogP contribution < -0.4 is 0 Å². The zero-order valence-corrected chi connectivity index (χ0v) is 34.4. The fraction of sp³-hybridized carbons (Fsp3) is 0.745. The molecule has 2 heteroatoms. The Bertz CT molecular complexity index is 1070. The van der Waals surface area contributed by atoms with E-state index in [1.54, 1.807) is 11.1 Å². The second-order valence-corrected chi connectivity index (χ2v) is 15.7. The molecule has 2 aromatic rings. The Hall–Kier alpha value is -1.96. The lowest BCUT2D eigenvalue weighted by molar-refractivity contribution is 0.450. The summed E-state index contributed by atoms with van der Waals surface area (Å²) >= 11 is 0. The third kappa shape index (κ3) is 11.0. The molecule has 0 atom stereocenters. The first-order valence-corrected chi connectivity index (χ1v) is 21.4. The number of aromatic hydroxyl groups is 2. The summed E-state index contributed by atoms with van der Waals surface area (Å²) in [6.07, 6.45) is 26.2. The van der Waals surface area contributed by atoms with E-state index in [1.165, 1.54) is 44.5 Å². The Balaban J connectivity index is 3.35. The number of rotatable bonds is 26. The van der Waals surface area contributed by atoms with Crippen LogP contribution in [-0.4, -0.2) is 10.2 Å². The standard InChI is InChI=1S/C47H80O2/c1-11-19-27-35-39(31-23-15-5)45(48)40(32-24-16-6)36(28-20-12-2)43(35)47(9,10)44-37(29-21-13-3)41(33-25-17-7)46(49)42(34-26-18-8)38(44)30-22-14-4/h48-49H,11-34H2,1-10H3. The highest BCUT2D eigenvalue weighted by molar-refractivity contribution is 5.65. The first-order chi connectivity index (χ1) is 23.7. The average molecular weight is 677 g/mol. The zero-order valence-electron chi connectivity index (χ0n) is 34.4. The van der Waals surface area contributed by atoms with Crippen LogP contribution in [0.1, 0.15) is 228 Å². The van der Waals surface area contributed by atoms with Crippen LogP contribution in [-0.2, 0) is 56.8 Å². The van der Waals surface area contributed by atoms with Gasteiger partial charge in [-0.15, -0.1) is 0 Å². The van der Waals surface area contributed by atoms with Crippen LogP contribution in [0.15, 0.2) is 0 Å². The molecule has 280 valence electrons. The van der Waals surface area contributed by atoms with Crippen molar-refractivity contribution in [2.24, 2.45) is 0 Å². The molecule has 2 aromatic carbocycles. The summed E-state index contributed by atoms with van der Waals surface area (Å²) < 4.78 is 0. The molecule has 0 aromatic heterocycles. The van der Waals surface area contributed by atoms with E-state index in [0.717, 1.165) is 154 Å². The van der Waals surface area contributed by atoms with Gasteiger partial charge in [0.15, 0.2) is 0 Å². The van der Waals surface area contributed by atoms with Crippen LogP contribution in [0.4, 0.5) is 0 Å². The molecule has 0 unspecified atom stereocenters. The van der Waals surface area contributed by atoms with Crippen molar-refractivity contribution >= 4 is 0 Å². The quantitative estimate of drug-likeness (QED) is 0.104. The first-order valence-electron chi connectivity index (χ1n) is 21.4. The van der Waals surface area contributed by atoms with Gasteiger partial charge in [0, 0.05) is 5.41 Å². The molecule has 0 aliphatic carbocycles. The van der Waals surface area contributed by atoms with Gasteiger partial charge >= 0.3 is 0 Å². The summed E-state index contributed by atoms with van der Waals surface area (Å²) in [5, 5.41) is 24.6. The summed E-state index contributed by atoms with van der Waals surface area (Å²) in [7, 11) is 0. The molecule has 0 bridgehead atoms. The lowest BCUT2D eigenvalue weighted by Gasteiger charge is -2.39. The topological polar surface area (TPSA) is 40.5 Å². The van der Waals surface area contributed by atoms with E-state index in [-0.39, 0.29) is 5.41 Å². The lowest BCUT2D eigenvalue weighted by atomic mass is 9.65. The van der Waals surface area contributed by atoms with Crippen molar-refractivity contribution in [3.05, 3.63) is 55.6 Å². The molecule has 49 heavy (non-hydrogen) atoms. The van der Waals surface area contributed by atoms with E-state index < -0.39 is 0 Å². The number of unbranched alkanes of at least 4 members (excludes halogenated alkanes) is 8. The summed E-state index contributed by atoms with van der Waals surface area (Å²) in [6.45, 7) is 23.5. The monoisotopic (exact) mass is 677 g/mol. The van der Waals surface area contributed by atoms with Crippen LogP contribution in [0.25, 0.3) is 0 Å². The van der Waals surface area contributed by atoms with Crippen molar-refractivity contribution in [2.75, 3.05) is 0 Å². The Labute approximate surface area is 305 Å². The van der Waals surface area contributed by atoms with E-state index in [4.69, 9.17) is 0 Å². The molecule has 0 saturated carbocycles. The Morgan fingerprint density at radius 2 is 0.469 bits per heavy atom. The maximum atomic E-state index is 12.3. The lowest BCUT2D eigenvalue weighted by Crippen LogP contribution is -2.30. The van der Waals surface area contributed by atoms with Crippen LogP contribution in [0.3, 0.4) is 0 Å². The molecular formula is C47H80O2. The Kier molecular flexibility index (Phi) is 20.1. The van der Waals surface area contributed by atoms with Crippen molar-refractivity contribution in [1.29, 1.82) is 0 Å². The summed E-state index contributed by atoms with van der Waals surface area (Å²) in [5.74, 6) is 1.27. The van der Waals surface area contributed by atoms with Crippen molar-refractivity contribution < 1.29 is 10.2 Å². The van der Waals surface area contributed by atoms with Gasteiger partial charge in [-0.1, -0.05) is 121 Å². The molecule has 0 heterocycles. The first kappa shape index (κ1) is 43.2. The smallest absolute Gasteiger partial charge is 0.122 e. The number of phenolic OH excluding ortho intramolecular Hbond substituents is 2. The fourth-order valence-electron chi connectivity index (χ4n) is 8.55. The normalized spacial score (nSPS) is 12.0. The van der Waals surface area contributed by atoms with Crippen molar-refractivity contribution in [1.82, 2.24) is 0 Å². The molecule has 0 amide bonds. The third-order valence-electron chi connectivity index (χ3n) is 11.3. The molecular weight excluding hydrogens is 597 g/mol. The van der Waals surface area contributed by atoms with Crippen LogP contribution in [0, 0.1) is 0 Å². The molecule has 0 aliphatic rings. The fourth-order valence-corrected chi connectivity index (χ4v) is 8.55. The Morgan fingerprint density at radius 3 is 0.633 bits per heavy atom. The van der Waals surface area contributed by atoms with Gasteiger partial charge in [-0.2, -0.15) is 0 Å². The van der Waals surface area contributed by atoms with Gasteiger partial charge in [0.1, 0.15) is 11.5 Å². The SMILES string of the molecule is CCCCc1c(O)c(CCCC)c(CCCC)c(C(C)(C)c2c(CCCC)c(CCCC)c(O)c(CCCC)c2CCCC)c1CCCC. The van der Waals surface area contributed by atoms with E-state index in [1.807, 2.05) is 0 Å². The van der Waals surface area contributed by atoms with Gasteiger partial charge < -0.3 is 10.2 Å². The minimum Gasteiger partial charge on any atom is -0.507 e. The minimum absolute atomic E-state index is 0.246. The summed E-state index contributed by atoms with van der Waals surface area (Å²) in [6, 6.07) is 0. The Morgan fingerprint density at radius 1 is 0.306 bits per heavy atom. The number of hydrogen-bond acceptors (Lipinski definition) is 2. The molecule has 2 nitrogen and oxygen atoms in total. The molecule has 2 N–H and O–H groups in total. The van der Waals surface area contributed by atoms with E-state index in [0.29, 0.717) is 11.5 Å². The summed E-state index contributed by atoms with van der Waals surface area (Å²) in [4.78, 5) is 0. The molecule has 0 spiro atoms. The molecule has 0 fully saturated rings. The van der Waals surface area contributed by atoms with E-state index in [2.05, 4.69) is 69.2 Å². The third-order valence-corrected chi connectivity index (χ3v) is 11.3. The highest BCUT2D eigenvalue weighted by atomic mass is 16.3. The molecule has 0 saturated heterocycles. The molecule has 0 aliphatic heterocycles. The maximum Gasteiger partial charge on any atom is 0.122 e. The largest absolute Gasteiger partial charge is 0.507 e. The highest BCUT2D eigenvalue weighted by Crippen LogP contribution is 2.50. The number of phenols is 2. The van der Waals surface area contributed by atoms with Gasteiger partial charge in [-0.3, -0.25) is 0 Å². The molecule has 2 rings (SSSR count). The van der Waals surface area contributed by atoms with E-state index >= 15 is 0 Å². The zero-order chi connectivity index (χ0) is 36.4. The van der Waals surface area contributed by atoms with Crippen molar-refractivity contribution in [3.63, 3.8) is 0 Å². The second kappa shape index (κ2) is 22.8. The van der Waals surface area contributed by atoms with Gasteiger partial charge in [0.2, 0.25) is 0 Å². The van der Waals surface area contributed by atoms with Gasteiger partial charge in [0.25, 0.3) is 0 Å². The van der Waals surface area contributed by atoms with Gasteiger partial charge in [-0.05, 0) is 158 Å². The van der Waals surface area contributed by atoms with Gasteiger partial charge in [0.05, 0.1) is 0 Å². The van der Waals surface area contributed by atoms with Crippen molar-refractivity contribution in [3.8, 4) is 11.5 Å². The maximum absolute atomic E-state index is 12.3. The van der Waals surface area contributed by atoms with Crippen LogP contribution in [0.2, 0.25) is 0 Å². The minimum atomic E-state index is -0.246. The predicted molar refractivity (Wildman–Crippen MR) is 217 cm³/mol. The average Bonchev–Trinajstić information content (AvgIpc) is 3.09. The van der Waals surface area contributed by atoms with Gasteiger partial charge in [-0.25, -0.2) is 0 Å². The second-order valence-electron chi connectivity index (χ2n) is 15.7. The highest BCUT2D eigenvalue weighted by Gasteiger charge is 2.38. The van der Waals surface area contributed by atoms with Crippen LogP contribution in [0.5, 0.6) is 11.5 Å². The predicted octanol–water partition coefficient (Wildman–Crippen LogP) is 14.2. The molecule has 0 radical (unpaired) electrons. The van der Waals surface area contributed by atoms with Crippen LogP contribution >= 0.6 is 0 Å². The van der Waals surface area contributed by atoms with Crippen molar-refractivity contribution in [2.45, 2.75) is 229 Å². The number of benzene rings is 2.